The van der Waals surface area contributed by atoms with Crippen LogP contribution in [0, 0.1) is 11.6 Å². The summed E-state index contributed by atoms with van der Waals surface area (Å²) >= 11 is 0. The third-order valence-electron chi connectivity index (χ3n) is 3.63. The largest absolute Gasteiger partial charge is 0.351 e. The lowest BCUT2D eigenvalue weighted by Gasteiger charge is -2.24. The number of hydrogen-bond acceptors (Lipinski definition) is 3. The molecule has 0 spiro atoms. The zero-order valence-electron chi connectivity index (χ0n) is 10.9. The fourth-order valence-corrected chi connectivity index (χ4v) is 2.54. The minimum absolute atomic E-state index is 0.218. The van der Waals surface area contributed by atoms with Crippen molar-refractivity contribution in [1.29, 1.82) is 0 Å². The Morgan fingerprint density at radius 3 is 2.70 bits per heavy atom. The van der Waals surface area contributed by atoms with Crippen molar-refractivity contribution < 1.29 is 18.4 Å². The van der Waals surface area contributed by atoms with Gasteiger partial charge in [0.15, 0.2) is 11.6 Å². The van der Waals surface area contributed by atoms with Gasteiger partial charge in [0.2, 0.25) is 0 Å². The van der Waals surface area contributed by atoms with E-state index < -0.39 is 17.7 Å². The van der Waals surface area contributed by atoms with Gasteiger partial charge in [0.05, 0.1) is 12.6 Å². The maximum absolute atomic E-state index is 13.9. The van der Waals surface area contributed by atoms with E-state index in [2.05, 4.69) is 0 Å². The van der Waals surface area contributed by atoms with Gasteiger partial charge in [-0.15, -0.1) is 0 Å². The van der Waals surface area contributed by atoms with E-state index >= 15 is 0 Å². The predicted octanol–water partition coefficient (Wildman–Crippen LogP) is 1.48. The molecular formula is C13H17F2N3O2. The number of carbonyl (C=O) groups is 1. The highest BCUT2D eigenvalue weighted by Crippen LogP contribution is 2.29. The summed E-state index contributed by atoms with van der Waals surface area (Å²) in [7, 11) is 0. The van der Waals surface area contributed by atoms with E-state index in [-0.39, 0.29) is 30.7 Å². The highest BCUT2D eigenvalue weighted by molar-refractivity contribution is 5.72. The van der Waals surface area contributed by atoms with Crippen molar-refractivity contribution in [3.05, 3.63) is 35.4 Å². The minimum atomic E-state index is -0.899. The summed E-state index contributed by atoms with van der Waals surface area (Å²) < 4.78 is 27.2. The molecule has 0 radical (unpaired) electrons. The van der Waals surface area contributed by atoms with E-state index in [1.165, 1.54) is 17.0 Å². The number of nitrogens with zero attached hydrogens (tertiary/aromatic N) is 1. The number of primary amides is 1. The standard InChI is InChI=1S/C13H17F2N3O2/c14-11-3-1-2-10(12(11)15)8-4-5-9(20-17)7-18(6-8)13(16)19/h1-3,8-9H,4-7,17H2,(H2,16,19)/t8-,9-/m1/s1. The average molecular weight is 285 g/mol. The van der Waals surface area contributed by atoms with Crippen LogP contribution in [0.25, 0.3) is 0 Å². The number of nitrogens with two attached hydrogens (primary N) is 2. The van der Waals surface area contributed by atoms with Gasteiger partial charge >= 0.3 is 6.03 Å². The van der Waals surface area contributed by atoms with Crippen LogP contribution in [0.1, 0.15) is 24.3 Å². The Bertz CT molecular complexity index is 499. The SMILES string of the molecule is NO[C@@H]1CC[C@@H](c2cccc(F)c2F)CN(C(N)=O)C1. The second kappa shape index (κ2) is 6.15. The van der Waals surface area contributed by atoms with Crippen LogP contribution in [0.3, 0.4) is 0 Å². The van der Waals surface area contributed by atoms with Gasteiger partial charge in [-0.05, 0) is 24.5 Å². The number of urea groups is 1. The second-order valence-electron chi connectivity index (χ2n) is 4.92. The molecule has 1 aromatic carbocycles. The van der Waals surface area contributed by atoms with Crippen molar-refractivity contribution in [3.8, 4) is 0 Å². The molecular weight excluding hydrogens is 268 g/mol. The molecule has 0 saturated carbocycles. The van der Waals surface area contributed by atoms with E-state index in [0.29, 0.717) is 12.8 Å². The van der Waals surface area contributed by atoms with Gasteiger partial charge in [0, 0.05) is 12.5 Å². The molecule has 110 valence electrons. The maximum Gasteiger partial charge on any atom is 0.314 e. The molecule has 2 atom stereocenters. The minimum Gasteiger partial charge on any atom is -0.351 e. The lowest BCUT2D eigenvalue weighted by atomic mass is 9.93. The number of likely N-dealkylation sites (tertiary alicyclic amines) is 1. The van der Waals surface area contributed by atoms with Crippen LogP contribution >= 0.6 is 0 Å². The van der Waals surface area contributed by atoms with Gasteiger partial charge in [-0.2, -0.15) is 0 Å². The lowest BCUT2D eigenvalue weighted by Crippen LogP contribution is -2.42. The molecule has 1 saturated heterocycles. The number of halogens is 2. The first kappa shape index (κ1) is 14.7. The molecule has 20 heavy (non-hydrogen) atoms. The highest BCUT2D eigenvalue weighted by atomic mass is 19.2. The van der Waals surface area contributed by atoms with Crippen LogP contribution in [0.4, 0.5) is 13.6 Å². The van der Waals surface area contributed by atoms with Gasteiger partial charge in [-0.3, -0.25) is 4.84 Å². The summed E-state index contributed by atoms with van der Waals surface area (Å²) in [6.45, 7) is 0.467. The molecule has 7 heteroatoms. The van der Waals surface area contributed by atoms with Gasteiger partial charge in [0.1, 0.15) is 0 Å². The first-order valence-electron chi connectivity index (χ1n) is 6.36. The first-order valence-corrected chi connectivity index (χ1v) is 6.36. The first-order chi connectivity index (χ1) is 9.52. The van der Waals surface area contributed by atoms with E-state index in [4.69, 9.17) is 16.5 Å². The average Bonchev–Trinajstić information content (AvgIpc) is 2.64. The van der Waals surface area contributed by atoms with Crippen LogP contribution in [-0.4, -0.2) is 30.1 Å². The quantitative estimate of drug-likeness (QED) is 0.808. The molecule has 1 aromatic rings. The summed E-state index contributed by atoms with van der Waals surface area (Å²) in [4.78, 5) is 17.5. The number of benzene rings is 1. The molecule has 1 fully saturated rings. The van der Waals surface area contributed by atoms with Crippen LogP contribution in [-0.2, 0) is 4.84 Å². The van der Waals surface area contributed by atoms with Crippen molar-refractivity contribution in [1.82, 2.24) is 4.90 Å². The lowest BCUT2D eigenvalue weighted by molar-refractivity contribution is 0.0353. The van der Waals surface area contributed by atoms with Gasteiger partial charge in [-0.1, -0.05) is 12.1 Å². The molecule has 1 aliphatic heterocycles. The monoisotopic (exact) mass is 285 g/mol. The van der Waals surface area contributed by atoms with E-state index in [1.54, 1.807) is 0 Å². The van der Waals surface area contributed by atoms with Crippen molar-refractivity contribution in [2.75, 3.05) is 13.1 Å². The zero-order chi connectivity index (χ0) is 14.7. The topological polar surface area (TPSA) is 81.6 Å². The Kier molecular flexibility index (Phi) is 4.51. The molecule has 0 bridgehead atoms. The molecule has 1 heterocycles. The van der Waals surface area contributed by atoms with Crippen LogP contribution < -0.4 is 11.6 Å². The van der Waals surface area contributed by atoms with Crippen molar-refractivity contribution >= 4 is 6.03 Å². The maximum atomic E-state index is 13.9. The number of carbonyl (C=O) groups excluding carboxylic acids is 1. The summed E-state index contributed by atoms with van der Waals surface area (Å²) in [5.74, 6) is 3.05. The summed E-state index contributed by atoms with van der Waals surface area (Å²) in [6, 6.07) is 3.40. The van der Waals surface area contributed by atoms with Crippen molar-refractivity contribution in [2.45, 2.75) is 24.9 Å². The zero-order valence-corrected chi connectivity index (χ0v) is 10.9. The molecule has 5 nitrogen and oxygen atoms in total. The van der Waals surface area contributed by atoms with Crippen LogP contribution in [0.15, 0.2) is 18.2 Å². The smallest absolute Gasteiger partial charge is 0.314 e. The fourth-order valence-electron chi connectivity index (χ4n) is 2.54. The Hall–Kier alpha value is -1.73. The molecule has 1 aliphatic rings. The molecule has 2 amide bonds. The summed E-state index contributed by atoms with van der Waals surface area (Å²) in [5, 5.41) is 0. The fraction of sp³-hybridized carbons (Fsp3) is 0.462. The number of rotatable bonds is 2. The van der Waals surface area contributed by atoms with Crippen molar-refractivity contribution in [2.24, 2.45) is 11.6 Å². The van der Waals surface area contributed by atoms with Gasteiger partial charge in [0.25, 0.3) is 0 Å². The Labute approximate surface area is 115 Å². The molecule has 2 rings (SSSR count). The predicted molar refractivity (Wildman–Crippen MR) is 68.5 cm³/mol. The molecule has 4 N–H and O–H groups in total. The van der Waals surface area contributed by atoms with E-state index in [0.717, 1.165) is 6.07 Å². The van der Waals surface area contributed by atoms with E-state index in [9.17, 15) is 13.6 Å². The second-order valence-corrected chi connectivity index (χ2v) is 4.92. The third-order valence-corrected chi connectivity index (χ3v) is 3.63. The Morgan fingerprint density at radius 1 is 1.30 bits per heavy atom. The third kappa shape index (κ3) is 3.05. The number of amides is 2. The summed E-state index contributed by atoms with van der Waals surface area (Å²) in [5.41, 5.74) is 5.53. The normalized spacial score (nSPS) is 23.4. The van der Waals surface area contributed by atoms with E-state index in [1.807, 2.05) is 0 Å². The highest BCUT2D eigenvalue weighted by Gasteiger charge is 2.29. The Balaban J connectivity index is 2.26. The number of hydrogen-bond donors (Lipinski definition) is 2. The van der Waals surface area contributed by atoms with Crippen LogP contribution in [0.2, 0.25) is 0 Å². The van der Waals surface area contributed by atoms with Crippen molar-refractivity contribution in [3.63, 3.8) is 0 Å². The molecule has 0 aliphatic carbocycles. The molecule has 0 unspecified atom stereocenters. The molecule has 0 aromatic heterocycles. The van der Waals surface area contributed by atoms with Crippen LogP contribution in [0.5, 0.6) is 0 Å². The Morgan fingerprint density at radius 2 is 2.05 bits per heavy atom. The summed E-state index contributed by atoms with van der Waals surface area (Å²) in [6.07, 6.45) is 0.719. The van der Waals surface area contributed by atoms with Gasteiger partial charge < -0.3 is 10.6 Å². The van der Waals surface area contributed by atoms with Gasteiger partial charge in [-0.25, -0.2) is 19.5 Å².